The Kier molecular flexibility index (Phi) is 8.01. The Hall–Kier alpha value is -1.25. The van der Waals surface area contributed by atoms with Gasteiger partial charge in [-0.2, -0.15) is 0 Å². The highest BCUT2D eigenvalue weighted by atomic mass is 16.4. The van der Waals surface area contributed by atoms with Gasteiger partial charge in [-0.05, 0) is 6.92 Å². The van der Waals surface area contributed by atoms with Crippen LogP contribution >= 0.6 is 0 Å². The van der Waals surface area contributed by atoms with Gasteiger partial charge in [0.05, 0.1) is 5.76 Å². The van der Waals surface area contributed by atoms with E-state index in [0.29, 0.717) is 0 Å². The SMILES string of the molecule is C=C(C)O.C=CC(=O)O. The van der Waals surface area contributed by atoms with Crippen molar-refractivity contribution in [1.82, 2.24) is 0 Å². The molecule has 0 fully saturated rings. The first kappa shape index (κ1) is 10.7. The number of aliphatic carboxylic acids is 1. The van der Waals surface area contributed by atoms with E-state index in [1.165, 1.54) is 6.92 Å². The average molecular weight is 130 g/mol. The van der Waals surface area contributed by atoms with Crippen LogP contribution in [0.3, 0.4) is 0 Å². The highest BCUT2D eigenvalue weighted by Gasteiger charge is 1.73. The number of aliphatic hydroxyl groups is 1. The molecule has 52 valence electrons. The molecule has 0 saturated carbocycles. The fourth-order valence-electron chi connectivity index (χ4n) is 0. The van der Waals surface area contributed by atoms with Crippen LogP contribution in [0.2, 0.25) is 0 Å². The van der Waals surface area contributed by atoms with Crippen LogP contribution < -0.4 is 0 Å². The predicted molar refractivity (Wildman–Crippen MR) is 35.3 cm³/mol. The quantitative estimate of drug-likeness (QED) is 0.416. The van der Waals surface area contributed by atoms with Gasteiger partial charge >= 0.3 is 5.97 Å². The monoisotopic (exact) mass is 130 g/mol. The maximum Gasteiger partial charge on any atom is 0.327 e. The topological polar surface area (TPSA) is 57.5 Å². The first-order valence-electron chi connectivity index (χ1n) is 2.20. The molecule has 9 heavy (non-hydrogen) atoms. The summed E-state index contributed by atoms with van der Waals surface area (Å²) >= 11 is 0. The van der Waals surface area contributed by atoms with Gasteiger partial charge in [-0.15, -0.1) is 0 Å². The first-order chi connectivity index (χ1) is 4.00. The van der Waals surface area contributed by atoms with Crippen molar-refractivity contribution in [3.63, 3.8) is 0 Å². The molecule has 0 aliphatic heterocycles. The van der Waals surface area contributed by atoms with Gasteiger partial charge in [0.15, 0.2) is 0 Å². The van der Waals surface area contributed by atoms with Crippen molar-refractivity contribution in [2.75, 3.05) is 0 Å². The predicted octanol–water partition coefficient (Wildman–Crippen LogP) is 1.33. The molecule has 0 spiro atoms. The largest absolute Gasteiger partial charge is 0.513 e. The molecule has 0 aromatic carbocycles. The van der Waals surface area contributed by atoms with E-state index < -0.39 is 5.97 Å². The first-order valence-corrected chi connectivity index (χ1v) is 2.20. The molecule has 0 aromatic heterocycles. The highest BCUT2D eigenvalue weighted by Crippen LogP contribution is 1.66. The summed E-state index contributed by atoms with van der Waals surface area (Å²) in [5, 5.41) is 15.5. The zero-order chi connectivity index (χ0) is 7.86. The fourth-order valence-corrected chi connectivity index (χ4v) is 0. The van der Waals surface area contributed by atoms with E-state index in [-0.39, 0.29) is 5.76 Å². The van der Waals surface area contributed by atoms with Crippen molar-refractivity contribution in [1.29, 1.82) is 0 Å². The number of carboxylic acid groups (broad SMARTS) is 1. The lowest BCUT2D eigenvalue weighted by Crippen LogP contribution is -1.82. The van der Waals surface area contributed by atoms with Crippen LogP contribution in [0.4, 0.5) is 0 Å². The van der Waals surface area contributed by atoms with E-state index in [4.69, 9.17) is 10.2 Å². The number of aliphatic hydroxyl groups excluding tert-OH is 1. The minimum atomic E-state index is -0.981. The maximum absolute atomic E-state index is 9.25. The van der Waals surface area contributed by atoms with Gasteiger partial charge in [-0.25, -0.2) is 4.79 Å². The molecular weight excluding hydrogens is 120 g/mol. The molecule has 0 aliphatic carbocycles. The van der Waals surface area contributed by atoms with Gasteiger partial charge in [0, 0.05) is 6.08 Å². The van der Waals surface area contributed by atoms with E-state index in [1.807, 2.05) is 0 Å². The van der Waals surface area contributed by atoms with Crippen molar-refractivity contribution >= 4 is 5.97 Å². The van der Waals surface area contributed by atoms with Crippen LogP contribution in [-0.2, 0) is 4.79 Å². The Balaban J connectivity index is 0. The Morgan fingerprint density at radius 2 is 1.67 bits per heavy atom. The van der Waals surface area contributed by atoms with E-state index in [9.17, 15) is 4.79 Å². The van der Waals surface area contributed by atoms with Crippen LogP contribution in [0.15, 0.2) is 25.0 Å². The van der Waals surface area contributed by atoms with E-state index in [2.05, 4.69) is 13.2 Å². The number of carbonyl (C=O) groups is 1. The molecule has 0 heterocycles. The summed E-state index contributed by atoms with van der Waals surface area (Å²) in [6.07, 6.45) is 0.833. The van der Waals surface area contributed by atoms with Gasteiger partial charge < -0.3 is 10.2 Å². The third-order valence-corrected chi connectivity index (χ3v) is 0.175. The smallest absolute Gasteiger partial charge is 0.327 e. The second-order valence-corrected chi connectivity index (χ2v) is 1.28. The van der Waals surface area contributed by atoms with Crippen LogP contribution in [0, 0.1) is 0 Å². The lowest BCUT2D eigenvalue weighted by Gasteiger charge is -1.68. The number of rotatable bonds is 1. The number of hydrogen-bond acceptors (Lipinski definition) is 2. The third-order valence-electron chi connectivity index (χ3n) is 0.175. The number of hydrogen-bond donors (Lipinski definition) is 2. The fraction of sp³-hybridized carbons (Fsp3) is 0.167. The summed E-state index contributed by atoms with van der Waals surface area (Å²) in [4.78, 5) is 9.25. The second kappa shape index (κ2) is 6.75. The molecule has 0 rings (SSSR count). The Bertz CT molecular complexity index is 111. The van der Waals surface area contributed by atoms with Crippen molar-refractivity contribution in [3.8, 4) is 0 Å². The summed E-state index contributed by atoms with van der Waals surface area (Å²) in [5.74, 6) is -0.815. The Morgan fingerprint density at radius 1 is 1.56 bits per heavy atom. The van der Waals surface area contributed by atoms with Crippen LogP contribution in [-0.4, -0.2) is 16.2 Å². The van der Waals surface area contributed by atoms with E-state index >= 15 is 0 Å². The molecule has 3 nitrogen and oxygen atoms in total. The number of allylic oxidation sites excluding steroid dienone is 1. The van der Waals surface area contributed by atoms with Crippen molar-refractivity contribution in [2.24, 2.45) is 0 Å². The van der Waals surface area contributed by atoms with Crippen LogP contribution in [0.5, 0.6) is 0 Å². The van der Waals surface area contributed by atoms with Gasteiger partial charge in [-0.3, -0.25) is 0 Å². The average Bonchev–Trinajstić information content (AvgIpc) is 1.65. The molecular formula is C6H10O3. The maximum atomic E-state index is 9.25. The van der Waals surface area contributed by atoms with Gasteiger partial charge in [0.1, 0.15) is 0 Å². The molecule has 0 aromatic rings. The Labute approximate surface area is 53.9 Å². The summed E-state index contributed by atoms with van der Waals surface area (Å²) in [7, 11) is 0. The molecule has 0 aliphatic rings. The summed E-state index contributed by atoms with van der Waals surface area (Å²) in [5.41, 5.74) is 0. The molecule has 2 N–H and O–H groups in total. The third kappa shape index (κ3) is 271. The molecule has 0 bridgehead atoms. The van der Waals surface area contributed by atoms with Crippen molar-refractivity contribution in [2.45, 2.75) is 6.92 Å². The summed E-state index contributed by atoms with van der Waals surface area (Å²) in [6, 6.07) is 0. The molecule has 3 heteroatoms. The van der Waals surface area contributed by atoms with Crippen LogP contribution in [0.1, 0.15) is 6.92 Å². The summed E-state index contributed by atoms with van der Waals surface area (Å²) < 4.78 is 0. The molecule has 0 amide bonds. The molecule has 0 atom stereocenters. The number of carboxylic acids is 1. The van der Waals surface area contributed by atoms with E-state index in [1.54, 1.807) is 0 Å². The zero-order valence-electron chi connectivity index (χ0n) is 5.29. The van der Waals surface area contributed by atoms with Gasteiger partial charge in [-0.1, -0.05) is 13.2 Å². The zero-order valence-corrected chi connectivity index (χ0v) is 5.29. The summed E-state index contributed by atoms with van der Waals surface area (Å²) in [6.45, 7) is 7.60. The van der Waals surface area contributed by atoms with Gasteiger partial charge in [0.25, 0.3) is 0 Å². The molecule has 0 saturated heterocycles. The lowest BCUT2D eigenvalue weighted by molar-refractivity contribution is -0.131. The van der Waals surface area contributed by atoms with E-state index in [0.717, 1.165) is 6.08 Å². The van der Waals surface area contributed by atoms with Crippen molar-refractivity contribution in [3.05, 3.63) is 25.0 Å². The van der Waals surface area contributed by atoms with Gasteiger partial charge in [0.2, 0.25) is 0 Å². The Morgan fingerprint density at radius 3 is 1.67 bits per heavy atom. The normalized spacial score (nSPS) is 6.33. The molecule has 0 radical (unpaired) electrons. The molecule has 0 unspecified atom stereocenters. The standard InChI is InChI=1S/C3H4O2.C3H6O/c1-2-3(4)5;1-3(2)4/h2H,1H2,(H,4,5);4H,1H2,2H3. The van der Waals surface area contributed by atoms with Crippen molar-refractivity contribution < 1.29 is 15.0 Å². The minimum absolute atomic E-state index is 0.167. The second-order valence-electron chi connectivity index (χ2n) is 1.28. The minimum Gasteiger partial charge on any atom is -0.513 e. The lowest BCUT2D eigenvalue weighted by atomic mass is 10.7. The highest BCUT2D eigenvalue weighted by molar-refractivity contribution is 5.78. The van der Waals surface area contributed by atoms with Crippen LogP contribution in [0.25, 0.3) is 0 Å².